The van der Waals surface area contributed by atoms with E-state index in [1.54, 1.807) is 54.2 Å². The molecule has 6 heterocycles. The summed E-state index contributed by atoms with van der Waals surface area (Å²) < 4.78 is 59.9. The van der Waals surface area contributed by atoms with Gasteiger partial charge in [0.1, 0.15) is 23.8 Å². The summed E-state index contributed by atoms with van der Waals surface area (Å²) in [5.74, 6) is -0.363. The molecule has 1 spiro atoms. The fraction of sp³-hybridized carbons (Fsp3) is 0.467. The Bertz CT molecular complexity index is 4810. The van der Waals surface area contributed by atoms with Gasteiger partial charge >= 0.3 is 6.09 Å². The van der Waals surface area contributed by atoms with Gasteiger partial charge in [-0.1, -0.05) is 97.9 Å². The van der Waals surface area contributed by atoms with Crippen molar-refractivity contribution in [1.29, 1.82) is 0 Å². The Morgan fingerprint density at radius 1 is 0.644 bits per heavy atom. The summed E-state index contributed by atoms with van der Waals surface area (Å²) in [5.41, 5.74) is 10.0. The van der Waals surface area contributed by atoms with Crippen LogP contribution < -0.4 is 44.1 Å². The molecular formula is C90H107N9O19. The molecule has 28 heteroatoms. The van der Waals surface area contributed by atoms with Gasteiger partial charge in [0.15, 0.2) is 35.0 Å². The number of aromatic nitrogens is 3. The number of carbonyl (C=O) groups excluding carboxylic acids is 8. The maximum absolute atomic E-state index is 14.5. The number of benzene rings is 6. The maximum atomic E-state index is 14.5. The Morgan fingerprint density at radius 3 is 1.96 bits per heavy atom. The summed E-state index contributed by atoms with van der Waals surface area (Å²) in [5, 5.41) is 27.0. The molecular weight excluding hydrogens is 1510 g/mol. The van der Waals surface area contributed by atoms with Crippen molar-refractivity contribution < 1.29 is 90.8 Å². The topological polar surface area (TPSA) is 317 Å². The lowest BCUT2D eigenvalue weighted by Crippen LogP contribution is -2.50. The number of anilines is 2. The van der Waals surface area contributed by atoms with Crippen LogP contribution in [0.25, 0.3) is 28.1 Å². The molecule has 1 unspecified atom stereocenters. The molecule has 626 valence electrons. The Hall–Kier alpha value is -11.0. The summed E-state index contributed by atoms with van der Waals surface area (Å²) in [7, 11) is 4.63. The predicted octanol–water partition coefficient (Wildman–Crippen LogP) is 11.5. The van der Waals surface area contributed by atoms with Crippen molar-refractivity contribution in [2.45, 2.75) is 155 Å². The average Bonchev–Trinajstić information content (AvgIpc) is 1.56. The van der Waals surface area contributed by atoms with Gasteiger partial charge in [0.2, 0.25) is 17.7 Å². The highest BCUT2D eigenvalue weighted by Gasteiger charge is 2.58. The summed E-state index contributed by atoms with van der Waals surface area (Å²) in [6, 6.07) is 35.7. The van der Waals surface area contributed by atoms with Crippen LogP contribution in [0, 0.1) is 17.3 Å². The number of nitrogens with one attached hydrogen (secondary N) is 2. The molecule has 0 bridgehead atoms. The van der Waals surface area contributed by atoms with E-state index in [0.717, 1.165) is 81.1 Å². The van der Waals surface area contributed by atoms with E-state index in [2.05, 4.69) is 34.8 Å². The van der Waals surface area contributed by atoms with Crippen LogP contribution in [0.3, 0.4) is 0 Å². The Balaban J connectivity index is 0.497. The number of carbonyl (C=O) groups is 8. The Kier molecular flexibility index (Phi) is 28.1. The van der Waals surface area contributed by atoms with Crippen molar-refractivity contribution in [2.75, 3.05) is 110 Å². The summed E-state index contributed by atoms with van der Waals surface area (Å²) in [6.45, 7) is 12.5. The number of nitrogens with zero attached hydrogens (tertiary/aromatic N) is 7. The normalized spacial score (nSPS) is 17.3. The van der Waals surface area contributed by atoms with E-state index in [4.69, 9.17) is 47.4 Å². The van der Waals surface area contributed by atoms with E-state index < -0.39 is 36.2 Å². The number of fused-ring (bicyclic) bond motifs is 9. The number of aliphatic hydroxyl groups excluding tert-OH is 1. The van der Waals surface area contributed by atoms with E-state index in [0.29, 0.717) is 86.1 Å². The fourth-order valence-corrected chi connectivity index (χ4v) is 16.0. The minimum absolute atomic E-state index is 0.00965. The molecule has 3 N–H and O–H groups in total. The quantitative estimate of drug-likeness (QED) is 0.0301. The van der Waals surface area contributed by atoms with Crippen molar-refractivity contribution in [3.05, 3.63) is 166 Å². The third kappa shape index (κ3) is 20.0. The minimum Gasteiger partial charge on any atom is -0.497 e. The molecule has 1 saturated heterocycles. The van der Waals surface area contributed by atoms with Gasteiger partial charge in [0.05, 0.1) is 129 Å². The van der Waals surface area contributed by atoms with E-state index in [-0.39, 0.29) is 173 Å². The van der Waals surface area contributed by atoms with E-state index in [9.17, 15) is 43.5 Å². The summed E-state index contributed by atoms with van der Waals surface area (Å²) >= 11 is 0. The first-order valence-corrected chi connectivity index (χ1v) is 40.9. The molecule has 1 aromatic heterocycles. The first-order valence-electron chi connectivity index (χ1n) is 40.9. The van der Waals surface area contributed by atoms with Gasteiger partial charge in [-0.05, 0) is 140 Å². The molecule has 6 aliphatic rings. The lowest BCUT2D eigenvalue weighted by molar-refractivity contribution is -0.133. The molecule has 0 radical (unpaired) electrons. The lowest BCUT2D eigenvalue weighted by Gasteiger charge is -2.31. The second-order valence-electron chi connectivity index (χ2n) is 31.6. The predicted molar refractivity (Wildman–Crippen MR) is 439 cm³/mol. The highest BCUT2D eigenvalue weighted by molar-refractivity contribution is 6.06. The first-order chi connectivity index (χ1) is 57.1. The van der Waals surface area contributed by atoms with Gasteiger partial charge in [0, 0.05) is 98.6 Å². The zero-order chi connectivity index (χ0) is 83.2. The van der Waals surface area contributed by atoms with Crippen molar-refractivity contribution in [2.24, 2.45) is 17.3 Å². The van der Waals surface area contributed by atoms with Crippen LogP contribution in [-0.4, -0.2) is 202 Å². The van der Waals surface area contributed by atoms with Crippen molar-refractivity contribution >= 4 is 64.1 Å². The number of hydrogen-bond donors (Lipinski definition) is 3. The van der Waals surface area contributed by atoms with Crippen LogP contribution in [0.4, 0.5) is 16.2 Å². The Labute approximate surface area is 687 Å². The molecule has 5 atom stereocenters. The van der Waals surface area contributed by atoms with Crippen molar-refractivity contribution in [3.8, 4) is 51.3 Å². The van der Waals surface area contributed by atoms with Crippen molar-refractivity contribution in [1.82, 2.24) is 35.4 Å². The third-order valence-electron chi connectivity index (χ3n) is 22.9. The van der Waals surface area contributed by atoms with Gasteiger partial charge in [0.25, 0.3) is 11.8 Å². The zero-order valence-electron chi connectivity index (χ0n) is 68.5. The molecule has 6 aromatic carbocycles. The second kappa shape index (κ2) is 39.0. The number of ketones is 2. The zero-order valence-corrected chi connectivity index (χ0v) is 68.5. The largest absolute Gasteiger partial charge is 0.497 e. The van der Waals surface area contributed by atoms with Crippen molar-refractivity contribution in [3.63, 3.8) is 0 Å². The molecule has 118 heavy (non-hydrogen) atoms. The maximum Gasteiger partial charge on any atom is 0.416 e. The molecule has 1 saturated carbocycles. The minimum atomic E-state index is -1.47. The Morgan fingerprint density at radius 2 is 1.29 bits per heavy atom. The summed E-state index contributed by atoms with van der Waals surface area (Å²) in [4.78, 5) is 117. The van der Waals surface area contributed by atoms with E-state index in [1.807, 2.05) is 108 Å². The number of aryl methyl sites for hydroxylation is 1. The molecule has 13 rings (SSSR count). The number of amides is 6. The number of hydrogen-bond acceptors (Lipinski definition) is 21. The monoisotopic (exact) mass is 1620 g/mol. The van der Waals surface area contributed by atoms with Crippen LogP contribution >= 0.6 is 0 Å². The second-order valence-corrected chi connectivity index (χ2v) is 31.6. The number of para-hydroxylation sites is 1. The third-order valence-corrected chi connectivity index (χ3v) is 22.9. The van der Waals surface area contributed by atoms with Crippen LogP contribution in [0.15, 0.2) is 128 Å². The van der Waals surface area contributed by atoms with Gasteiger partial charge in [-0.15, -0.1) is 5.10 Å². The van der Waals surface area contributed by atoms with Gasteiger partial charge in [-0.25, -0.2) is 14.4 Å². The lowest BCUT2D eigenvalue weighted by atomic mass is 9.88. The first kappa shape index (κ1) is 84.9. The molecule has 28 nitrogen and oxygen atoms in total. The molecule has 6 amide bonds. The number of aliphatic hydroxyl groups is 1. The number of methoxy groups -OCH3 is 3. The molecule has 1 aliphatic carbocycles. The van der Waals surface area contributed by atoms with Crippen LogP contribution in [0.1, 0.15) is 153 Å². The summed E-state index contributed by atoms with van der Waals surface area (Å²) in [6.07, 6.45) is 4.73. The van der Waals surface area contributed by atoms with Gasteiger partial charge in [-0.2, -0.15) is 0 Å². The van der Waals surface area contributed by atoms with Crippen LogP contribution in [0.5, 0.6) is 28.7 Å². The standard InChI is InChI=1S/C90H107N9O19/c1-56(2)70(47-66(100)29-36-112-38-40-114-42-43-115-41-39-113-37-30-81(102)91-33-28-82(103)96-52-63-14-9-10-15-68(63)84-83(93-94-99(84)57(3)4)69-16-11-12-17-73(69)96)85(104)92-58(5)76(101)44-59-18-20-60(21-19-59)54-118-89(108)98-74-50-80(78(111-8)49-72(74)87(106)97-55-90(31-32-90)51-75(97)88(98)107)117-35-13-34-116-79-46-62-22-25-65-45-64(61-23-26-67(109-6)27-24-61)53-95(65)86(105)71(62)48-77(79)110-7/h9-12,14-21,23-24,26-27,46,48-50,53,56-58,65,70,75,88,107H,13,22,25,28-45,47,51-52,54-55H2,1-8H3,(H,91,102)(H,92,104)/t58-,65+,70-,75-,88?/m0/s1. The smallest absolute Gasteiger partial charge is 0.416 e. The SMILES string of the molecule is COc1ccc(C2=CN3C(=O)c4cc(OC)c(OCCCOc5cc6c(cc5OC)C(=O)N5CC7(CC7)C[C@H]5C(O)N6C(=O)OCc5ccc(CC(=O)[C@H](C)NC(=O)[C@@H](CC(=O)CCOCCOCCOCCOCCC(=O)NCCC(=O)N6Cc7ccccc7-c7c(nnn7C(C)C)-c7ccccc76)C(C)C)cc5)cc4CC[C@@H]3C2)cc1. The fourth-order valence-electron chi connectivity index (χ4n) is 16.0. The van der Waals surface area contributed by atoms with E-state index in [1.165, 1.54) is 26.4 Å². The van der Waals surface area contributed by atoms with Gasteiger partial charge in [-0.3, -0.25) is 33.6 Å². The van der Waals surface area contributed by atoms with Gasteiger partial charge < -0.3 is 77.8 Å². The van der Waals surface area contributed by atoms with Crippen LogP contribution in [0.2, 0.25) is 0 Å². The molecule has 2 fully saturated rings. The highest BCUT2D eigenvalue weighted by Crippen LogP contribution is 2.57. The van der Waals surface area contributed by atoms with E-state index >= 15 is 0 Å². The molecule has 5 aliphatic heterocycles. The highest BCUT2D eigenvalue weighted by atomic mass is 16.6. The number of Topliss-reactive ketones (excluding diaryl/α,β-unsaturated/α-hetero) is 2. The molecule has 7 aromatic rings. The van der Waals surface area contributed by atoms with Crippen LogP contribution in [-0.2, 0) is 73.7 Å². The average molecular weight is 1620 g/mol. The number of ether oxygens (including phenoxy) is 10. The number of rotatable bonds is 39.